The van der Waals surface area contributed by atoms with E-state index in [2.05, 4.69) is 241 Å². The summed E-state index contributed by atoms with van der Waals surface area (Å²) < 4.78 is 6.39. The molecule has 12 aromatic rings. The van der Waals surface area contributed by atoms with Crippen LogP contribution in [-0.2, 0) is 0 Å². The van der Waals surface area contributed by atoms with Crippen LogP contribution in [0.3, 0.4) is 0 Å². The summed E-state index contributed by atoms with van der Waals surface area (Å²) in [5.41, 5.74) is 16.8. The first-order valence-corrected chi connectivity index (χ1v) is 21.9. The van der Waals surface area contributed by atoms with Gasteiger partial charge < -0.3 is 9.32 Å². The van der Waals surface area contributed by atoms with Gasteiger partial charge in [-0.25, -0.2) is 0 Å². The molecule has 0 bridgehead atoms. The third-order valence-corrected chi connectivity index (χ3v) is 12.7. The highest BCUT2D eigenvalue weighted by molar-refractivity contribution is 6.06. The van der Waals surface area contributed by atoms with Crippen molar-refractivity contribution in [1.29, 1.82) is 0 Å². The molecule has 1 aromatic heterocycles. The molecule has 12 rings (SSSR count). The summed E-state index contributed by atoms with van der Waals surface area (Å²) in [5, 5.41) is 7.25. The van der Waals surface area contributed by atoms with Crippen LogP contribution in [0.2, 0.25) is 0 Å². The van der Waals surface area contributed by atoms with Crippen LogP contribution in [0.1, 0.15) is 0 Å². The van der Waals surface area contributed by atoms with E-state index in [1.807, 2.05) is 12.1 Å². The van der Waals surface area contributed by atoms with Crippen molar-refractivity contribution in [1.82, 2.24) is 0 Å². The number of para-hydroxylation sites is 2. The molecule has 2 nitrogen and oxygen atoms in total. The third-order valence-electron chi connectivity index (χ3n) is 12.7. The van der Waals surface area contributed by atoms with Crippen LogP contribution in [0.25, 0.3) is 99.1 Å². The minimum absolute atomic E-state index is 0.880. The fourth-order valence-electron chi connectivity index (χ4n) is 9.49. The van der Waals surface area contributed by atoms with Crippen molar-refractivity contribution in [3.8, 4) is 55.6 Å². The zero-order chi connectivity index (χ0) is 42.4. The topological polar surface area (TPSA) is 16.4 Å². The van der Waals surface area contributed by atoms with Crippen LogP contribution in [0.4, 0.5) is 17.1 Å². The van der Waals surface area contributed by atoms with E-state index in [9.17, 15) is 0 Å². The Labute approximate surface area is 372 Å². The highest BCUT2D eigenvalue weighted by Crippen LogP contribution is 2.44. The lowest BCUT2D eigenvalue weighted by Crippen LogP contribution is -2.11. The molecular formula is C62H41NO. The molecule has 0 saturated heterocycles. The van der Waals surface area contributed by atoms with Gasteiger partial charge in [-0.2, -0.15) is 0 Å². The molecule has 0 N–H and O–H groups in total. The second-order valence-corrected chi connectivity index (χ2v) is 16.5. The minimum Gasteiger partial charge on any atom is -0.456 e. The van der Waals surface area contributed by atoms with E-state index in [4.69, 9.17) is 4.42 Å². The standard InChI is InChI=1S/C62H41NO/c1-2-14-48-40-49(29-26-42(48)12-1)56-18-6-5-17-54(56)47-32-37-52(38-33-47)63(60-22-9-7-19-57(60)50-34-39-59-58-20-8-10-23-61(58)64-62(59)41-50)51-35-30-44(31-36-51)43-24-27-46(28-25-43)55-21-11-15-45-13-3-4-16-53(45)55/h1-41H. The molecule has 300 valence electrons. The normalized spacial score (nSPS) is 11.4. The molecule has 0 unspecified atom stereocenters. The van der Waals surface area contributed by atoms with Gasteiger partial charge in [-0.3, -0.25) is 0 Å². The lowest BCUT2D eigenvalue weighted by atomic mass is 9.93. The van der Waals surface area contributed by atoms with E-state index in [0.717, 1.165) is 55.7 Å². The molecule has 0 aliphatic carbocycles. The molecule has 64 heavy (non-hydrogen) atoms. The number of hydrogen-bond acceptors (Lipinski definition) is 2. The average Bonchev–Trinajstić information content (AvgIpc) is 3.75. The first-order chi connectivity index (χ1) is 31.7. The average molecular weight is 816 g/mol. The van der Waals surface area contributed by atoms with E-state index in [1.54, 1.807) is 0 Å². The Morgan fingerprint density at radius 1 is 0.250 bits per heavy atom. The molecule has 2 heteroatoms. The zero-order valence-electron chi connectivity index (χ0n) is 35.0. The molecule has 11 aromatic carbocycles. The van der Waals surface area contributed by atoms with Crippen LogP contribution in [0, 0.1) is 0 Å². The lowest BCUT2D eigenvalue weighted by molar-refractivity contribution is 0.669. The smallest absolute Gasteiger partial charge is 0.136 e. The Bertz CT molecular complexity index is 3650. The summed E-state index contributed by atoms with van der Waals surface area (Å²) >= 11 is 0. The van der Waals surface area contributed by atoms with Crippen LogP contribution in [0.5, 0.6) is 0 Å². The van der Waals surface area contributed by atoms with E-state index < -0.39 is 0 Å². The molecule has 0 aliphatic heterocycles. The lowest BCUT2D eigenvalue weighted by Gasteiger charge is -2.28. The molecule has 0 aliphatic rings. The highest BCUT2D eigenvalue weighted by Gasteiger charge is 2.19. The molecule has 0 fully saturated rings. The van der Waals surface area contributed by atoms with Crippen molar-refractivity contribution in [2.24, 2.45) is 0 Å². The first-order valence-electron chi connectivity index (χ1n) is 21.9. The Morgan fingerprint density at radius 2 is 0.719 bits per heavy atom. The van der Waals surface area contributed by atoms with Crippen LogP contribution in [-0.4, -0.2) is 0 Å². The van der Waals surface area contributed by atoms with Gasteiger partial charge in [0.1, 0.15) is 11.2 Å². The van der Waals surface area contributed by atoms with E-state index in [-0.39, 0.29) is 0 Å². The van der Waals surface area contributed by atoms with E-state index in [1.165, 1.54) is 60.5 Å². The van der Waals surface area contributed by atoms with Crippen LogP contribution in [0.15, 0.2) is 253 Å². The summed E-state index contributed by atoms with van der Waals surface area (Å²) in [6.07, 6.45) is 0. The van der Waals surface area contributed by atoms with E-state index >= 15 is 0 Å². The Balaban J connectivity index is 0.939. The SMILES string of the molecule is c1ccc(-c2ccc3ccccc3c2)c(-c2ccc(N(c3ccc(-c4ccc(-c5cccc6ccccc56)cc4)cc3)c3ccccc3-c3ccc4c(c3)oc3ccccc34)cc2)c1. The van der Waals surface area contributed by atoms with Crippen molar-refractivity contribution in [2.45, 2.75) is 0 Å². The predicted molar refractivity (Wildman–Crippen MR) is 271 cm³/mol. The van der Waals surface area contributed by atoms with Gasteiger partial charge in [0.2, 0.25) is 0 Å². The number of benzene rings is 11. The second kappa shape index (κ2) is 15.8. The summed E-state index contributed by atoms with van der Waals surface area (Å²) in [6.45, 7) is 0. The summed E-state index contributed by atoms with van der Waals surface area (Å²) in [4.78, 5) is 2.38. The van der Waals surface area contributed by atoms with Gasteiger partial charge >= 0.3 is 0 Å². The highest BCUT2D eigenvalue weighted by atomic mass is 16.3. The molecule has 0 atom stereocenters. The fraction of sp³-hybridized carbons (Fsp3) is 0. The molecule has 0 spiro atoms. The first kappa shape index (κ1) is 37.3. The molecule has 1 heterocycles. The quantitative estimate of drug-likeness (QED) is 0.152. The Morgan fingerprint density at radius 3 is 1.48 bits per heavy atom. The number of anilines is 3. The summed E-state index contributed by atoms with van der Waals surface area (Å²) in [5.74, 6) is 0. The summed E-state index contributed by atoms with van der Waals surface area (Å²) in [6, 6.07) is 89.7. The van der Waals surface area contributed by atoms with Crippen LogP contribution >= 0.6 is 0 Å². The number of rotatable bonds is 8. The van der Waals surface area contributed by atoms with Crippen molar-refractivity contribution in [2.75, 3.05) is 4.90 Å². The molecule has 0 saturated carbocycles. The Kier molecular flexibility index (Phi) is 9.20. The van der Waals surface area contributed by atoms with Crippen molar-refractivity contribution in [3.05, 3.63) is 249 Å². The number of furan rings is 1. The monoisotopic (exact) mass is 815 g/mol. The van der Waals surface area contributed by atoms with Crippen molar-refractivity contribution >= 4 is 60.5 Å². The number of fused-ring (bicyclic) bond motifs is 5. The number of hydrogen-bond donors (Lipinski definition) is 0. The van der Waals surface area contributed by atoms with Gasteiger partial charge in [0, 0.05) is 27.7 Å². The molecular weight excluding hydrogens is 775 g/mol. The summed E-state index contributed by atoms with van der Waals surface area (Å²) in [7, 11) is 0. The predicted octanol–water partition coefficient (Wildman–Crippen LogP) is 17.7. The maximum absolute atomic E-state index is 6.39. The largest absolute Gasteiger partial charge is 0.456 e. The third kappa shape index (κ3) is 6.70. The number of nitrogens with zero attached hydrogens (tertiary/aromatic N) is 1. The molecule has 0 radical (unpaired) electrons. The molecule has 0 amide bonds. The minimum atomic E-state index is 0.880. The van der Waals surface area contributed by atoms with Gasteiger partial charge in [-0.05, 0) is 126 Å². The second-order valence-electron chi connectivity index (χ2n) is 16.5. The fourth-order valence-corrected chi connectivity index (χ4v) is 9.49. The Hall–Kier alpha value is -8.46. The maximum Gasteiger partial charge on any atom is 0.136 e. The zero-order valence-corrected chi connectivity index (χ0v) is 35.0. The van der Waals surface area contributed by atoms with Gasteiger partial charge in [-0.15, -0.1) is 0 Å². The van der Waals surface area contributed by atoms with E-state index in [0.29, 0.717) is 0 Å². The maximum atomic E-state index is 6.39. The van der Waals surface area contributed by atoms with Gasteiger partial charge in [0.25, 0.3) is 0 Å². The van der Waals surface area contributed by atoms with Gasteiger partial charge in [0.05, 0.1) is 5.69 Å². The van der Waals surface area contributed by atoms with Crippen LogP contribution < -0.4 is 4.90 Å². The van der Waals surface area contributed by atoms with Crippen molar-refractivity contribution < 1.29 is 4.42 Å². The van der Waals surface area contributed by atoms with Crippen molar-refractivity contribution in [3.63, 3.8) is 0 Å². The van der Waals surface area contributed by atoms with Gasteiger partial charge in [0.15, 0.2) is 0 Å². The van der Waals surface area contributed by atoms with Gasteiger partial charge in [-0.1, -0.05) is 194 Å².